The van der Waals surface area contributed by atoms with Crippen LogP contribution in [0.3, 0.4) is 0 Å². The van der Waals surface area contributed by atoms with Gasteiger partial charge in [-0.25, -0.2) is 0 Å². The van der Waals surface area contributed by atoms with E-state index in [2.05, 4.69) is 21.6 Å². The minimum Gasteiger partial charge on any atom is -0.379 e. The molecule has 0 bridgehead atoms. The first kappa shape index (κ1) is 12.8. The van der Waals surface area contributed by atoms with Crippen LogP contribution >= 0.6 is 0 Å². The van der Waals surface area contributed by atoms with Gasteiger partial charge in [0.1, 0.15) is 11.6 Å². The summed E-state index contributed by atoms with van der Waals surface area (Å²) < 4.78 is 5.31. The lowest BCUT2D eigenvalue weighted by molar-refractivity contribution is 0.195. The number of aromatic nitrogens is 2. The van der Waals surface area contributed by atoms with E-state index >= 15 is 0 Å². The zero-order valence-electron chi connectivity index (χ0n) is 10.9. The van der Waals surface area contributed by atoms with Crippen LogP contribution in [0.5, 0.6) is 0 Å². The molecule has 1 N–H and O–H groups in total. The lowest BCUT2D eigenvalue weighted by Gasteiger charge is -2.15. The quantitative estimate of drug-likeness (QED) is 0.875. The van der Waals surface area contributed by atoms with Gasteiger partial charge >= 0.3 is 0 Å². The molecule has 0 saturated carbocycles. The van der Waals surface area contributed by atoms with Gasteiger partial charge in [-0.15, -0.1) is 5.10 Å². The zero-order chi connectivity index (χ0) is 13.0. The van der Waals surface area contributed by atoms with Crippen LogP contribution in [0.15, 0.2) is 0 Å². The van der Waals surface area contributed by atoms with Gasteiger partial charge in [0.05, 0.1) is 18.3 Å². The van der Waals surface area contributed by atoms with Gasteiger partial charge in [-0.1, -0.05) is 13.8 Å². The van der Waals surface area contributed by atoms with Crippen molar-refractivity contribution in [3.05, 3.63) is 16.8 Å². The largest absolute Gasteiger partial charge is 0.379 e. The van der Waals surface area contributed by atoms with Crippen molar-refractivity contribution in [3.63, 3.8) is 0 Å². The first-order valence-corrected chi connectivity index (χ1v) is 6.42. The van der Waals surface area contributed by atoms with Gasteiger partial charge in [-0.05, 0) is 24.8 Å². The van der Waals surface area contributed by atoms with Crippen molar-refractivity contribution < 1.29 is 4.74 Å². The molecule has 1 atom stereocenters. The topological polar surface area (TPSA) is 70.8 Å². The smallest absolute Gasteiger partial charge is 0.167 e. The third-order valence-corrected chi connectivity index (χ3v) is 3.23. The molecule has 1 unspecified atom stereocenters. The first-order chi connectivity index (χ1) is 8.80. The van der Waals surface area contributed by atoms with Crippen LogP contribution in [0.4, 0.5) is 5.82 Å². The Bertz CT molecular complexity index is 461. The van der Waals surface area contributed by atoms with Crippen LogP contribution in [-0.2, 0) is 17.6 Å². The third-order valence-electron chi connectivity index (χ3n) is 3.23. The molecule has 0 radical (unpaired) electrons. The van der Waals surface area contributed by atoms with Gasteiger partial charge in [-0.3, -0.25) is 0 Å². The highest BCUT2D eigenvalue weighted by Gasteiger charge is 2.20. The van der Waals surface area contributed by atoms with Crippen LogP contribution in [0.25, 0.3) is 0 Å². The number of nitrogens with zero attached hydrogens (tertiary/aromatic N) is 3. The molecule has 2 rings (SSSR count). The fraction of sp³-hybridized carbons (Fsp3) is 0.615. The number of anilines is 1. The number of nitriles is 1. The average molecular weight is 246 g/mol. The molecule has 5 nitrogen and oxygen atoms in total. The molecule has 1 aromatic rings. The Hall–Kier alpha value is -1.67. The molecule has 0 aliphatic carbocycles. The molecular weight excluding hydrogens is 228 g/mol. The molecule has 5 heteroatoms. The number of hydrogen-bond donors (Lipinski definition) is 1. The van der Waals surface area contributed by atoms with Crippen molar-refractivity contribution in [2.45, 2.75) is 39.2 Å². The van der Waals surface area contributed by atoms with E-state index in [4.69, 9.17) is 4.74 Å². The van der Waals surface area contributed by atoms with E-state index in [1.54, 1.807) is 0 Å². The lowest BCUT2D eigenvalue weighted by atomic mass is 10.0. The zero-order valence-corrected chi connectivity index (χ0v) is 10.9. The molecule has 0 aromatic carbocycles. The summed E-state index contributed by atoms with van der Waals surface area (Å²) in [5, 5.41) is 21.0. The van der Waals surface area contributed by atoms with Crippen molar-refractivity contribution in [3.8, 4) is 6.07 Å². The summed E-state index contributed by atoms with van der Waals surface area (Å²) in [7, 11) is 0. The van der Waals surface area contributed by atoms with Crippen molar-refractivity contribution in [2.24, 2.45) is 0 Å². The molecule has 2 heterocycles. The van der Waals surface area contributed by atoms with Gasteiger partial charge in [-0.2, -0.15) is 10.4 Å². The second-order valence-corrected chi connectivity index (χ2v) is 4.37. The molecule has 1 saturated heterocycles. The number of hydrogen-bond acceptors (Lipinski definition) is 5. The predicted octanol–water partition coefficient (Wildman–Crippen LogP) is 1.67. The summed E-state index contributed by atoms with van der Waals surface area (Å²) in [5.41, 5.74) is 2.56. The van der Waals surface area contributed by atoms with E-state index in [9.17, 15) is 5.26 Å². The Morgan fingerprint density at radius 2 is 2.22 bits per heavy atom. The maximum atomic E-state index is 9.34. The Kier molecular flexibility index (Phi) is 4.11. The molecule has 96 valence electrons. The number of rotatable bonds is 4. The minimum absolute atomic E-state index is 0.239. The number of ether oxygens (including phenoxy) is 1. The highest BCUT2D eigenvalue weighted by Crippen LogP contribution is 2.21. The summed E-state index contributed by atoms with van der Waals surface area (Å²) in [6, 6.07) is 2.50. The summed E-state index contributed by atoms with van der Waals surface area (Å²) in [5.74, 6) is 0.599. The van der Waals surface area contributed by atoms with E-state index in [0.717, 1.165) is 37.1 Å². The van der Waals surface area contributed by atoms with Crippen LogP contribution in [0.2, 0.25) is 0 Å². The second kappa shape index (κ2) is 5.78. The van der Waals surface area contributed by atoms with Crippen LogP contribution in [-0.4, -0.2) is 29.5 Å². The van der Waals surface area contributed by atoms with Crippen molar-refractivity contribution in [1.29, 1.82) is 5.26 Å². The maximum absolute atomic E-state index is 9.34. The highest BCUT2D eigenvalue weighted by atomic mass is 16.5. The molecule has 0 spiro atoms. The summed E-state index contributed by atoms with van der Waals surface area (Å²) in [6.45, 7) is 5.51. The van der Waals surface area contributed by atoms with E-state index in [1.165, 1.54) is 0 Å². The Labute approximate surface area is 107 Å². The standard InChI is InChI=1S/C13H18N4O/c1-3-10-11(7-14)13(17-16-12(10)4-2)15-9-5-6-18-8-9/h9H,3-6,8H2,1-2H3,(H,15,17). The van der Waals surface area contributed by atoms with Crippen LogP contribution in [0, 0.1) is 11.3 Å². The fourth-order valence-electron chi connectivity index (χ4n) is 2.24. The normalized spacial score (nSPS) is 18.6. The molecule has 18 heavy (non-hydrogen) atoms. The number of aryl methyl sites for hydroxylation is 1. The van der Waals surface area contributed by atoms with Crippen LogP contribution in [0.1, 0.15) is 37.1 Å². The molecule has 1 fully saturated rings. The van der Waals surface area contributed by atoms with E-state index in [0.29, 0.717) is 18.0 Å². The molecular formula is C13H18N4O. The molecule has 1 aliphatic rings. The molecule has 1 aliphatic heterocycles. The Morgan fingerprint density at radius 3 is 2.78 bits per heavy atom. The average Bonchev–Trinajstić information content (AvgIpc) is 2.90. The maximum Gasteiger partial charge on any atom is 0.167 e. The summed E-state index contributed by atoms with van der Waals surface area (Å²) in [6.07, 6.45) is 2.55. The number of nitrogens with one attached hydrogen (secondary N) is 1. The van der Waals surface area contributed by atoms with Crippen molar-refractivity contribution >= 4 is 5.82 Å². The Morgan fingerprint density at radius 1 is 1.39 bits per heavy atom. The molecule has 1 aromatic heterocycles. The van der Waals surface area contributed by atoms with Crippen molar-refractivity contribution in [2.75, 3.05) is 18.5 Å². The van der Waals surface area contributed by atoms with Crippen LogP contribution < -0.4 is 5.32 Å². The van der Waals surface area contributed by atoms with Crippen molar-refractivity contribution in [1.82, 2.24) is 10.2 Å². The third kappa shape index (κ3) is 2.44. The minimum atomic E-state index is 0.239. The monoisotopic (exact) mass is 246 g/mol. The molecule has 0 amide bonds. The van der Waals surface area contributed by atoms with Gasteiger partial charge in [0.25, 0.3) is 0 Å². The highest BCUT2D eigenvalue weighted by molar-refractivity contribution is 5.57. The van der Waals surface area contributed by atoms with E-state index < -0.39 is 0 Å². The summed E-state index contributed by atoms with van der Waals surface area (Å²) in [4.78, 5) is 0. The lowest BCUT2D eigenvalue weighted by Crippen LogP contribution is -2.21. The Balaban J connectivity index is 2.32. The fourth-order valence-corrected chi connectivity index (χ4v) is 2.24. The van der Waals surface area contributed by atoms with Gasteiger partial charge < -0.3 is 10.1 Å². The van der Waals surface area contributed by atoms with Gasteiger partial charge in [0.15, 0.2) is 5.82 Å². The first-order valence-electron chi connectivity index (χ1n) is 6.42. The van der Waals surface area contributed by atoms with E-state index in [1.807, 2.05) is 13.8 Å². The van der Waals surface area contributed by atoms with Gasteiger partial charge in [0.2, 0.25) is 0 Å². The SMILES string of the molecule is CCc1nnc(NC2CCOC2)c(C#N)c1CC. The van der Waals surface area contributed by atoms with E-state index in [-0.39, 0.29) is 6.04 Å². The second-order valence-electron chi connectivity index (χ2n) is 4.37. The van der Waals surface area contributed by atoms with Gasteiger partial charge in [0, 0.05) is 6.61 Å². The summed E-state index contributed by atoms with van der Waals surface area (Å²) >= 11 is 0. The predicted molar refractivity (Wildman–Crippen MR) is 68.3 cm³/mol.